The lowest BCUT2D eigenvalue weighted by Gasteiger charge is -1.74. The monoisotopic (exact) mass is 138 g/mol. The highest BCUT2D eigenvalue weighted by Gasteiger charge is 1.98. The number of aromatic nitrogens is 3. The number of rotatable bonds is 0. The molecule has 0 aliphatic carbocycles. The molecular formula is C5H4N3S+. The first-order valence-electron chi connectivity index (χ1n) is 2.52. The second-order valence-electron chi connectivity index (χ2n) is 1.65. The topological polar surface area (TPSA) is 39.9 Å². The predicted octanol–water partition coefficient (Wildman–Crippen LogP) is 0.505. The van der Waals surface area contributed by atoms with Crippen LogP contribution in [0.4, 0.5) is 0 Å². The third kappa shape index (κ3) is 0.675. The van der Waals surface area contributed by atoms with Crippen molar-refractivity contribution in [2.75, 3.05) is 0 Å². The van der Waals surface area contributed by atoms with Crippen LogP contribution in [0.2, 0.25) is 0 Å². The molecule has 3 nitrogen and oxygen atoms in total. The molecule has 4 heteroatoms. The molecule has 0 unspecified atom stereocenters. The number of hydrogen-bond donors (Lipinski definition) is 0. The Morgan fingerprint density at radius 1 is 1.33 bits per heavy atom. The minimum Gasteiger partial charge on any atom is -0.200 e. The Morgan fingerprint density at radius 3 is 3.11 bits per heavy atom. The number of nitrogens with zero attached hydrogens (tertiary/aromatic N) is 2. The van der Waals surface area contributed by atoms with Crippen molar-refractivity contribution in [3.8, 4) is 0 Å². The van der Waals surface area contributed by atoms with Gasteiger partial charge in [0.25, 0.3) is 0 Å². The van der Waals surface area contributed by atoms with E-state index in [4.69, 9.17) is 0 Å². The molecule has 0 aliphatic heterocycles. The normalized spacial score (nSPS) is 10.2. The third-order valence-electron chi connectivity index (χ3n) is 1.09. The molecule has 0 radical (unpaired) electrons. The second-order valence-corrected chi connectivity index (χ2v) is 2.56. The van der Waals surface area contributed by atoms with Crippen LogP contribution in [0.15, 0.2) is 17.9 Å². The molecule has 1 N–H and O–H groups in total. The molecule has 44 valence electrons. The van der Waals surface area contributed by atoms with Gasteiger partial charge in [-0.25, -0.2) is 0 Å². The first-order chi connectivity index (χ1) is 4.47. The van der Waals surface area contributed by atoms with Gasteiger partial charge in [-0.2, -0.15) is 15.2 Å². The summed E-state index contributed by atoms with van der Waals surface area (Å²) in [6.07, 6.45) is 3.46. The van der Waals surface area contributed by atoms with Crippen LogP contribution in [0, 0.1) is 0 Å². The molecule has 0 fully saturated rings. The molecule has 2 aromatic heterocycles. The van der Waals surface area contributed by atoms with Crippen molar-refractivity contribution in [1.29, 1.82) is 0 Å². The number of fused-ring (bicyclic) bond motifs is 1. The Hall–Kier alpha value is -1.03. The van der Waals surface area contributed by atoms with E-state index < -0.39 is 0 Å². The summed E-state index contributed by atoms with van der Waals surface area (Å²) in [4.78, 5) is 3.04. The third-order valence-corrected chi connectivity index (χ3v) is 1.91. The first kappa shape index (κ1) is 4.81. The Kier molecular flexibility index (Phi) is 0.927. The van der Waals surface area contributed by atoms with E-state index in [9.17, 15) is 0 Å². The lowest BCUT2D eigenvalue weighted by molar-refractivity contribution is -0.338. The molecule has 0 aromatic carbocycles. The van der Waals surface area contributed by atoms with Gasteiger partial charge in [-0.05, 0) is 0 Å². The number of aromatic amines is 1. The Morgan fingerprint density at radius 2 is 2.22 bits per heavy atom. The van der Waals surface area contributed by atoms with Crippen molar-refractivity contribution in [3.63, 3.8) is 0 Å². The standard InChI is InChI=1S/C5H3N3S/c1-4-5(2-8-7-1)9-3-6-4/h1-3H/p+1. The maximum absolute atomic E-state index is 3.73. The summed E-state index contributed by atoms with van der Waals surface area (Å²) in [5.74, 6) is 0. The van der Waals surface area contributed by atoms with Crippen LogP contribution in [0.1, 0.15) is 0 Å². The highest BCUT2D eigenvalue weighted by molar-refractivity contribution is 7.16. The van der Waals surface area contributed by atoms with E-state index in [1.807, 2.05) is 5.51 Å². The smallest absolute Gasteiger partial charge is 0.200 e. The minimum absolute atomic E-state index is 1.05. The summed E-state index contributed by atoms with van der Waals surface area (Å²) < 4.78 is 1.14. The number of hydrogen-bond acceptors (Lipinski definition) is 3. The number of thiazole rings is 1. The van der Waals surface area contributed by atoms with E-state index in [1.165, 1.54) is 0 Å². The highest BCUT2D eigenvalue weighted by Crippen LogP contribution is 2.09. The van der Waals surface area contributed by atoms with Crippen LogP contribution in [-0.4, -0.2) is 10.2 Å². The lowest BCUT2D eigenvalue weighted by atomic mass is 10.5. The van der Waals surface area contributed by atoms with Crippen molar-refractivity contribution in [2.24, 2.45) is 0 Å². The van der Waals surface area contributed by atoms with E-state index in [0.717, 1.165) is 10.2 Å². The zero-order valence-corrected chi connectivity index (χ0v) is 5.35. The summed E-state index contributed by atoms with van der Waals surface area (Å²) in [5, 5.41) is 7.44. The number of nitrogens with one attached hydrogen (secondary N) is 1. The van der Waals surface area contributed by atoms with Gasteiger partial charge in [0, 0.05) is 0 Å². The van der Waals surface area contributed by atoms with Crippen molar-refractivity contribution in [1.82, 2.24) is 10.2 Å². The molecule has 0 amide bonds. The molecule has 0 bridgehead atoms. The van der Waals surface area contributed by atoms with Gasteiger partial charge >= 0.3 is 0 Å². The van der Waals surface area contributed by atoms with Gasteiger partial charge in [0.05, 0.1) is 6.20 Å². The molecule has 0 spiro atoms. The largest absolute Gasteiger partial charge is 0.243 e. The van der Waals surface area contributed by atoms with Gasteiger partial charge in [-0.1, -0.05) is 11.3 Å². The Balaban J connectivity index is 2.95. The molecule has 2 aromatic rings. The molecule has 2 rings (SSSR count). The van der Waals surface area contributed by atoms with Crippen LogP contribution in [-0.2, 0) is 0 Å². The van der Waals surface area contributed by atoms with Gasteiger partial charge in [0.2, 0.25) is 11.0 Å². The summed E-state index contributed by atoms with van der Waals surface area (Å²) in [5.41, 5.74) is 2.96. The van der Waals surface area contributed by atoms with E-state index in [1.54, 1.807) is 23.7 Å². The zero-order valence-electron chi connectivity index (χ0n) is 4.53. The number of H-pyrrole nitrogens is 1. The Bertz CT molecular complexity index is 286. The molecule has 0 saturated heterocycles. The summed E-state index contributed by atoms with van der Waals surface area (Å²) in [7, 11) is 0. The predicted molar refractivity (Wildman–Crippen MR) is 34.0 cm³/mol. The zero-order chi connectivity index (χ0) is 6.10. The summed E-state index contributed by atoms with van der Waals surface area (Å²) in [6.45, 7) is 0. The van der Waals surface area contributed by atoms with Crippen LogP contribution in [0.25, 0.3) is 10.2 Å². The average molecular weight is 138 g/mol. The highest BCUT2D eigenvalue weighted by atomic mass is 32.1. The minimum atomic E-state index is 1.05. The molecule has 0 saturated carbocycles. The SMILES string of the molecule is c1[nH+]c2cnncc2s1. The fourth-order valence-electron chi connectivity index (χ4n) is 0.669. The van der Waals surface area contributed by atoms with Crippen molar-refractivity contribution in [3.05, 3.63) is 17.9 Å². The van der Waals surface area contributed by atoms with Gasteiger partial charge in [0.1, 0.15) is 10.9 Å². The molecule has 0 aliphatic rings. The maximum atomic E-state index is 3.73. The van der Waals surface area contributed by atoms with Crippen LogP contribution >= 0.6 is 11.3 Å². The quantitative estimate of drug-likeness (QED) is 0.532. The van der Waals surface area contributed by atoms with Gasteiger partial charge in [0.15, 0.2) is 0 Å². The van der Waals surface area contributed by atoms with Gasteiger partial charge in [-0.3, -0.25) is 0 Å². The first-order valence-corrected chi connectivity index (χ1v) is 3.40. The summed E-state index contributed by atoms with van der Waals surface area (Å²) in [6, 6.07) is 0. The van der Waals surface area contributed by atoms with Crippen molar-refractivity contribution < 1.29 is 4.98 Å². The lowest BCUT2D eigenvalue weighted by Crippen LogP contribution is -1.94. The van der Waals surface area contributed by atoms with Crippen molar-refractivity contribution in [2.45, 2.75) is 0 Å². The average Bonchev–Trinajstić information content (AvgIpc) is 2.33. The molecule has 9 heavy (non-hydrogen) atoms. The van der Waals surface area contributed by atoms with Crippen LogP contribution in [0.3, 0.4) is 0 Å². The summed E-state index contributed by atoms with van der Waals surface area (Å²) >= 11 is 1.63. The molecular weight excluding hydrogens is 134 g/mol. The van der Waals surface area contributed by atoms with E-state index in [2.05, 4.69) is 15.2 Å². The van der Waals surface area contributed by atoms with Crippen molar-refractivity contribution >= 4 is 21.6 Å². The van der Waals surface area contributed by atoms with E-state index in [0.29, 0.717) is 0 Å². The molecule has 2 heterocycles. The maximum Gasteiger partial charge on any atom is 0.243 e. The van der Waals surface area contributed by atoms with E-state index in [-0.39, 0.29) is 0 Å². The second kappa shape index (κ2) is 1.73. The van der Waals surface area contributed by atoms with Crippen LogP contribution < -0.4 is 4.98 Å². The molecule has 0 atom stereocenters. The fraction of sp³-hybridized carbons (Fsp3) is 0. The fourth-order valence-corrected chi connectivity index (χ4v) is 1.33. The Labute approximate surface area is 55.4 Å². The van der Waals surface area contributed by atoms with Gasteiger partial charge in [-0.15, -0.1) is 0 Å². The van der Waals surface area contributed by atoms with Gasteiger partial charge < -0.3 is 0 Å². The van der Waals surface area contributed by atoms with Crippen LogP contribution in [0.5, 0.6) is 0 Å². The van der Waals surface area contributed by atoms with E-state index >= 15 is 0 Å².